The van der Waals surface area contributed by atoms with Gasteiger partial charge in [-0.25, -0.2) is 13.8 Å². The summed E-state index contributed by atoms with van der Waals surface area (Å²) in [5, 5.41) is 20.1. The average molecular weight is 445 g/mol. The van der Waals surface area contributed by atoms with Crippen LogP contribution in [0.15, 0.2) is 41.6 Å². The number of fused-ring (bicyclic) bond motifs is 1. The molecular formula is C25H21F2N5O. The highest BCUT2D eigenvalue weighted by Crippen LogP contribution is 2.74. The van der Waals surface area contributed by atoms with Gasteiger partial charge in [0.05, 0.1) is 34.8 Å². The van der Waals surface area contributed by atoms with Gasteiger partial charge in [0.15, 0.2) is 0 Å². The molecule has 3 aromatic rings. The van der Waals surface area contributed by atoms with Crippen molar-refractivity contribution in [3.63, 3.8) is 0 Å². The van der Waals surface area contributed by atoms with Crippen LogP contribution in [0.1, 0.15) is 48.4 Å². The Bertz CT molecular complexity index is 1380. The molecule has 33 heavy (non-hydrogen) atoms. The Kier molecular flexibility index (Phi) is 4.07. The van der Waals surface area contributed by atoms with Crippen LogP contribution < -0.4 is 0 Å². The topological polar surface area (TPSA) is 74.3 Å². The van der Waals surface area contributed by atoms with Gasteiger partial charge in [-0.3, -0.25) is 9.48 Å². The van der Waals surface area contributed by atoms with Gasteiger partial charge < -0.3 is 0 Å². The molecule has 2 aromatic carbocycles. The van der Waals surface area contributed by atoms with Gasteiger partial charge in [-0.15, -0.1) is 0 Å². The van der Waals surface area contributed by atoms with Gasteiger partial charge in [-0.1, -0.05) is 0 Å². The first-order chi connectivity index (χ1) is 15.8. The van der Waals surface area contributed by atoms with Gasteiger partial charge >= 0.3 is 0 Å². The Labute approximate surface area is 189 Å². The van der Waals surface area contributed by atoms with E-state index in [0.717, 1.165) is 30.2 Å². The first-order valence-electron chi connectivity index (χ1n) is 11.0. The Morgan fingerprint density at radius 1 is 1.21 bits per heavy atom. The van der Waals surface area contributed by atoms with E-state index in [1.807, 2.05) is 16.8 Å². The molecule has 1 aromatic heterocycles. The lowest BCUT2D eigenvalue weighted by Crippen LogP contribution is -2.68. The van der Waals surface area contributed by atoms with Crippen molar-refractivity contribution in [3.05, 3.63) is 64.9 Å². The molecule has 8 heteroatoms. The predicted molar refractivity (Wildman–Crippen MR) is 117 cm³/mol. The van der Waals surface area contributed by atoms with Crippen LogP contribution >= 0.6 is 0 Å². The molecule has 0 saturated heterocycles. The summed E-state index contributed by atoms with van der Waals surface area (Å²) in [5.41, 5.74) is 1.52. The number of benzene rings is 2. The second-order valence-electron chi connectivity index (χ2n) is 9.82. The number of hydrogen-bond acceptors (Lipinski definition) is 4. The summed E-state index contributed by atoms with van der Waals surface area (Å²) >= 11 is 0. The molecule has 1 amide bonds. The van der Waals surface area contributed by atoms with E-state index in [1.165, 1.54) is 24.1 Å². The number of halogens is 2. The second kappa shape index (κ2) is 6.70. The third-order valence-electron chi connectivity index (χ3n) is 7.52. The van der Waals surface area contributed by atoms with E-state index in [-0.39, 0.29) is 22.4 Å². The van der Waals surface area contributed by atoms with E-state index in [1.54, 1.807) is 18.5 Å². The highest BCUT2D eigenvalue weighted by Gasteiger charge is 2.72. The Balaban J connectivity index is 1.18. The van der Waals surface area contributed by atoms with E-state index >= 15 is 0 Å². The quantitative estimate of drug-likeness (QED) is 0.588. The van der Waals surface area contributed by atoms with Gasteiger partial charge in [-0.05, 0) is 67.5 Å². The molecule has 0 spiro atoms. The maximum absolute atomic E-state index is 14.6. The Morgan fingerprint density at radius 3 is 2.76 bits per heavy atom. The summed E-state index contributed by atoms with van der Waals surface area (Å²) < 4.78 is 30.6. The molecule has 1 unspecified atom stereocenters. The van der Waals surface area contributed by atoms with Crippen molar-refractivity contribution in [2.45, 2.75) is 45.2 Å². The highest BCUT2D eigenvalue weighted by atomic mass is 19.1. The van der Waals surface area contributed by atoms with E-state index < -0.39 is 23.1 Å². The Morgan fingerprint density at radius 2 is 2.00 bits per heavy atom. The summed E-state index contributed by atoms with van der Waals surface area (Å²) in [6.07, 6.45) is 5.95. The standard InChI is InChI=1S/C25H21F2N5O/c1-15-6-20(27)18(8-19(15)26)22-4-5-29-32(22)23(33)25-11-24(12-25,13-25)14-31-21-3-2-16(9-28)7-17(21)10-30-31/h2-3,5-8,10,22H,4,11-14H2,1H3. The molecule has 2 bridgehead atoms. The van der Waals surface area contributed by atoms with E-state index in [4.69, 9.17) is 5.26 Å². The number of hydrogen-bond donors (Lipinski definition) is 0. The molecule has 1 aliphatic heterocycles. The van der Waals surface area contributed by atoms with Gasteiger partial charge in [-0.2, -0.15) is 15.5 Å². The number of aromatic nitrogens is 2. The maximum atomic E-state index is 14.6. The first-order valence-corrected chi connectivity index (χ1v) is 11.0. The average Bonchev–Trinajstić information content (AvgIpc) is 3.38. The summed E-state index contributed by atoms with van der Waals surface area (Å²) in [7, 11) is 0. The van der Waals surface area contributed by atoms with Crippen LogP contribution in [0.4, 0.5) is 8.78 Å². The molecule has 3 saturated carbocycles. The minimum atomic E-state index is -0.609. The van der Waals surface area contributed by atoms with Crippen molar-refractivity contribution in [2.75, 3.05) is 0 Å². The van der Waals surface area contributed by atoms with Crippen LogP contribution in [0.2, 0.25) is 0 Å². The van der Waals surface area contributed by atoms with Gasteiger partial charge in [0.25, 0.3) is 0 Å². The number of amides is 1. The molecular weight excluding hydrogens is 424 g/mol. The van der Waals surface area contributed by atoms with Crippen molar-refractivity contribution in [2.24, 2.45) is 15.9 Å². The minimum absolute atomic E-state index is 0.0165. The van der Waals surface area contributed by atoms with Crippen molar-refractivity contribution < 1.29 is 13.6 Å². The lowest BCUT2D eigenvalue weighted by Gasteiger charge is -2.69. The van der Waals surface area contributed by atoms with Crippen LogP contribution in [-0.4, -0.2) is 26.9 Å². The van der Waals surface area contributed by atoms with Crippen molar-refractivity contribution in [1.82, 2.24) is 14.8 Å². The molecule has 2 heterocycles. The second-order valence-corrected chi connectivity index (χ2v) is 9.82. The predicted octanol–water partition coefficient (Wildman–Crippen LogP) is 4.62. The summed E-state index contributed by atoms with van der Waals surface area (Å²) in [4.78, 5) is 13.4. The molecule has 7 rings (SSSR count). The van der Waals surface area contributed by atoms with Crippen LogP contribution in [0.3, 0.4) is 0 Å². The Hall–Kier alpha value is -3.60. The first kappa shape index (κ1) is 20.0. The molecule has 166 valence electrons. The number of nitriles is 1. The number of rotatable bonds is 4. The number of carbonyl (C=O) groups is 1. The fourth-order valence-electron chi connectivity index (χ4n) is 6.02. The number of hydrazone groups is 1. The van der Waals surface area contributed by atoms with Crippen LogP contribution in [-0.2, 0) is 11.3 Å². The highest BCUT2D eigenvalue weighted by molar-refractivity contribution is 5.88. The van der Waals surface area contributed by atoms with E-state index in [0.29, 0.717) is 18.5 Å². The van der Waals surface area contributed by atoms with Crippen LogP contribution in [0.5, 0.6) is 0 Å². The van der Waals surface area contributed by atoms with Crippen molar-refractivity contribution in [1.29, 1.82) is 5.26 Å². The number of aryl methyl sites for hydroxylation is 1. The molecule has 0 N–H and O–H groups in total. The van der Waals surface area contributed by atoms with Crippen molar-refractivity contribution in [3.8, 4) is 6.07 Å². The van der Waals surface area contributed by atoms with E-state index in [9.17, 15) is 13.6 Å². The SMILES string of the molecule is Cc1cc(F)c(C2CC=NN2C(=O)C23CC(Cn4ncc5cc(C#N)ccc54)(C2)C3)cc1F. The smallest absolute Gasteiger partial charge is 0.249 e. The third-order valence-corrected chi connectivity index (χ3v) is 7.52. The van der Waals surface area contributed by atoms with Gasteiger partial charge in [0.1, 0.15) is 11.6 Å². The largest absolute Gasteiger partial charge is 0.272 e. The number of carbonyl (C=O) groups excluding carboxylic acids is 1. The summed E-state index contributed by atoms with van der Waals surface area (Å²) in [6, 6.07) is 9.41. The zero-order valence-corrected chi connectivity index (χ0v) is 18.1. The van der Waals surface area contributed by atoms with Crippen LogP contribution in [0, 0.1) is 40.7 Å². The summed E-state index contributed by atoms with van der Waals surface area (Å²) in [5.74, 6) is -1.10. The molecule has 4 aliphatic rings. The number of nitrogens with zero attached hydrogens (tertiary/aromatic N) is 5. The van der Waals surface area contributed by atoms with Gasteiger partial charge in [0, 0.05) is 30.1 Å². The monoisotopic (exact) mass is 445 g/mol. The molecule has 3 fully saturated rings. The lowest BCUT2D eigenvalue weighted by molar-refractivity contribution is -0.223. The third kappa shape index (κ3) is 2.85. The molecule has 3 aliphatic carbocycles. The maximum Gasteiger partial charge on any atom is 0.249 e. The minimum Gasteiger partial charge on any atom is -0.272 e. The zero-order valence-electron chi connectivity index (χ0n) is 18.1. The molecule has 6 nitrogen and oxygen atoms in total. The van der Waals surface area contributed by atoms with Gasteiger partial charge in [0.2, 0.25) is 5.91 Å². The summed E-state index contributed by atoms with van der Waals surface area (Å²) in [6.45, 7) is 2.23. The fraction of sp³-hybridized carbons (Fsp3) is 0.360. The lowest BCUT2D eigenvalue weighted by atomic mass is 9.34. The van der Waals surface area contributed by atoms with Crippen LogP contribution in [0.25, 0.3) is 10.9 Å². The normalized spacial score (nSPS) is 27.3. The molecule has 0 radical (unpaired) electrons. The van der Waals surface area contributed by atoms with E-state index in [2.05, 4.69) is 16.3 Å². The molecule has 1 atom stereocenters. The fourth-order valence-corrected chi connectivity index (χ4v) is 6.02. The zero-order chi connectivity index (χ0) is 23.0. The van der Waals surface area contributed by atoms with Crippen molar-refractivity contribution >= 4 is 23.0 Å².